The first-order chi connectivity index (χ1) is 9.47. The summed E-state index contributed by atoms with van der Waals surface area (Å²) < 4.78 is 65.1. The molecular weight excluding hydrogens is 339 g/mol. The van der Waals surface area contributed by atoms with Gasteiger partial charge in [0, 0.05) is 0 Å². The predicted octanol–water partition coefficient (Wildman–Crippen LogP) is 2.70. The van der Waals surface area contributed by atoms with E-state index in [1.165, 1.54) is 6.92 Å². The summed E-state index contributed by atoms with van der Waals surface area (Å²) in [6, 6.07) is 1.44. The molecule has 0 amide bonds. The summed E-state index contributed by atoms with van der Waals surface area (Å²) in [6.45, 7) is 1.24. The van der Waals surface area contributed by atoms with E-state index in [1.54, 1.807) is 4.72 Å². The van der Waals surface area contributed by atoms with Gasteiger partial charge in [0.2, 0.25) is 10.0 Å². The molecule has 6 nitrogen and oxygen atoms in total. The highest BCUT2D eigenvalue weighted by Gasteiger charge is 2.34. The number of carboxylic acids is 1. The van der Waals surface area contributed by atoms with E-state index in [1.807, 2.05) is 0 Å². The van der Waals surface area contributed by atoms with Gasteiger partial charge in [-0.15, -0.1) is 13.2 Å². The maximum Gasteiger partial charge on any atom is 0.573 e. The molecule has 1 rings (SSSR count). The lowest BCUT2D eigenvalue weighted by atomic mass is 10.2. The normalized spacial score (nSPS) is 12.0. The molecule has 0 aromatic heterocycles. The number of carbonyl (C=O) groups is 1. The second kappa shape index (κ2) is 5.98. The lowest BCUT2D eigenvalue weighted by molar-refractivity contribution is -0.274. The van der Waals surface area contributed by atoms with Crippen molar-refractivity contribution in [3.63, 3.8) is 0 Å². The summed E-state index contributed by atoms with van der Waals surface area (Å²) in [6.07, 6.45) is -5.10. The van der Waals surface area contributed by atoms with E-state index in [0.29, 0.717) is 6.07 Å². The van der Waals surface area contributed by atoms with Crippen molar-refractivity contribution in [2.45, 2.75) is 13.3 Å². The van der Waals surface area contributed by atoms with Crippen LogP contribution < -0.4 is 9.46 Å². The Labute approximate surface area is 122 Å². The van der Waals surface area contributed by atoms with E-state index < -0.39 is 50.1 Å². The Morgan fingerprint density at radius 1 is 1.43 bits per heavy atom. The fourth-order valence-corrected chi connectivity index (χ4v) is 2.25. The van der Waals surface area contributed by atoms with Gasteiger partial charge in [-0.2, -0.15) is 0 Å². The molecule has 0 aliphatic heterocycles. The van der Waals surface area contributed by atoms with Crippen LogP contribution in [0.25, 0.3) is 0 Å². The Balaban J connectivity index is 3.45. The molecule has 1 aromatic rings. The first-order valence-electron chi connectivity index (χ1n) is 5.29. The number of nitrogens with one attached hydrogen (secondary N) is 1. The monoisotopic (exact) mass is 347 g/mol. The van der Waals surface area contributed by atoms with Crippen molar-refractivity contribution in [1.82, 2.24) is 0 Å². The number of hydrogen-bond acceptors (Lipinski definition) is 4. The number of aromatic carboxylic acids is 1. The minimum absolute atomic E-state index is 0.452. The second-order valence-corrected chi connectivity index (χ2v) is 6.05. The Hall–Kier alpha value is -1.68. The van der Waals surface area contributed by atoms with E-state index in [9.17, 15) is 26.4 Å². The molecule has 0 bridgehead atoms. The second-order valence-electron chi connectivity index (χ2n) is 3.66. The minimum Gasteiger partial charge on any atom is -0.478 e. The largest absolute Gasteiger partial charge is 0.573 e. The summed E-state index contributed by atoms with van der Waals surface area (Å²) >= 11 is 5.65. The van der Waals surface area contributed by atoms with Crippen LogP contribution in [0.4, 0.5) is 18.9 Å². The first kappa shape index (κ1) is 17.4. The van der Waals surface area contributed by atoms with Gasteiger partial charge in [-0.25, -0.2) is 13.2 Å². The highest BCUT2D eigenvalue weighted by atomic mass is 35.5. The Morgan fingerprint density at radius 2 is 2.00 bits per heavy atom. The predicted molar refractivity (Wildman–Crippen MR) is 68.2 cm³/mol. The van der Waals surface area contributed by atoms with E-state index in [-0.39, 0.29) is 0 Å². The highest BCUT2D eigenvalue weighted by molar-refractivity contribution is 7.92. The van der Waals surface area contributed by atoms with Gasteiger partial charge in [0.1, 0.15) is 5.69 Å². The maximum atomic E-state index is 12.3. The molecule has 118 valence electrons. The number of benzene rings is 1. The van der Waals surface area contributed by atoms with E-state index in [2.05, 4.69) is 4.74 Å². The Morgan fingerprint density at radius 3 is 2.43 bits per heavy atom. The Kier molecular flexibility index (Phi) is 4.95. The first-order valence-corrected chi connectivity index (χ1v) is 7.32. The summed E-state index contributed by atoms with van der Waals surface area (Å²) in [5.41, 5.74) is -1.35. The number of anilines is 1. The third kappa shape index (κ3) is 4.67. The fourth-order valence-electron chi connectivity index (χ4n) is 1.26. The molecule has 11 heteroatoms. The van der Waals surface area contributed by atoms with Crippen LogP contribution in [0, 0.1) is 0 Å². The number of alkyl halides is 3. The molecule has 0 radical (unpaired) electrons. The minimum atomic E-state index is -5.10. The molecule has 0 heterocycles. The van der Waals surface area contributed by atoms with Crippen molar-refractivity contribution in [3.05, 3.63) is 22.7 Å². The number of sulfonamides is 1. The van der Waals surface area contributed by atoms with Crippen LogP contribution in [0.5, 0.6) is 5.75 Å². The summed E-state index contributed by atoms with van der Waals surface area (Å²) in [5, 5.41) is 8.14. The van der Waals surface area contributed by atoms with Gasteiger partial charge in [-0.3, -0.25) is 4.72 Å². The zero-order valence-corrected chi connectivity index (χ0v) is 11.9. The topological polar surface area (TPSA) is 92.7 Å². The van der Waals surface area contributed by atoms with Gasteiger partial charge in [0.05, 0.1) is 16.3 Å². The molecule has 21 heavy (non-hydrogen) atoms. The molecule has 0 fully saturated rings. The number of carboxylic acid groups (broad SMARTS) is 1. The molecular formula is C10H9ClF3NO5S. The van der Waals surface area contributed by atoms with Crippen LogP contribution in [0.2, 0.25) is 5.02 Å². The molecule has 0 saturated carbocycles. The standard InChI is InChI=1S/C10H9ClF3NO5S/c1-2-21(18,19)15-8-6(20-10(12,13)14)4-3-5(7(8)11)9(16)17/h3-4,15H,2H2,1H3,(H,16,17). The molecule has 0 saturated heterocycles. The fraction of sp³-hybridized carbons (Fsp3) is 0.300. The van der Waals surface area contributed by atoms with Crippen molar-refractivity contribution in [1.29, 1.82) is 0 Å². The average molecular weight is 348 g/mol. The average Bonchev–Trinajstić information content (AvgIpc) is 2.31. The quantitative estimate of drug-likeness (QED) is 0.854. The van der Waals surface area contributed by atoms with Crippen molar-refractivity contribution in [2.24, 2.45) is 0 Å². The van der Waals surface area contributed by atoms with Gasteiger partial charge in [0.25, 0.3) is 0 Å². The molecule has 0 aliphatic rings. The van der Waals surface area contributed by atoms with Gasteiger partial charge in [0.15, 0.2) is 5.75 Å². The van der Waals surface area contributed by atoms with E-state index in [0.717, 1.165) is 6.07 Å². The van der Waals surface area contributed by atoms with Crippen LogP contribution in [0.15, 0.2) is 12.1 Å². The van der Waals surface area contributed by atoms with Crippen molar-refractivity contribution in [2.75, 3.05) is 10.5 Å². The molecule has 2 N–H and O–H groups in total. The van der Waals surface area contributed by atoms with Crippen LogP contribution in [0.3, 0.4) is 0 Å². The molecule has 1 aromatic carbocycles. The molecule has 0 aliphatic carbocycles. The van der Waals surface area contributed by atoms with E-state index in [4.69, 9.17) is 16.7 Å². The maximum absolute atomic E-state index is 12.3. The number of halogens is 4. The highest BCUT2D eigenvalue weighted by Crippen LogP contribution is 2.38. The third-order valence-corrected chi connectivity index (χ3v) is 3.87. The molecule has 0 spiro atoms. The lowest BCUT2D eigenvalue weighted by Crippen LogP contribution is -2.21. The Bertz CT molecular complexity index is 659. The number of hydrogen-bond donors (Lipinski definition) is 2. The number of rotatable bonds is 5. The van der Waals surface area contributed by atoms with Crippen molar-refractivity contribution in [3.8, 4) is 5.75 Å². The third-order valence-electron chi connectivity index (χ3n) is 2.20. The lowest BCUT2D eigenvalue weighted by Gasteiger charge is -2.16. The van der Waals surface area contributed by atoms with Gasteiger partial charge < -0.3 is 9.84 Å². The van der Waals surface area contributed by atoms with E-state index >= 15 is 0 Å². The SMILES string of the molecule is CCS(=O)(=O)Nc1c(OC(F)(F)F)ccc(C(=O)O)c1Cl. The molecule has 0 atom stereocenters. The van der Waals surface area contributed by atoms with Crippen LogP contribution >= 0.6 is 11.6 Å². The van der Waals surface area contributed by atoms with Crippen LogP contribution in [0.1, 0.15) is 17.3 Å². The van der Waals surface area contributed by atoms with Crippen LogP contribution in [-0.2, 0) is 10.0 Å². The summed E-state index contributed by atoms with van der Waals surface area (Å²) in [7, 11) is -3.99. The van der Waals surface area contributed by atoms with Gasteiger partial charge in [-0.05, 0) is 19.1 Å². The van der Waals surface area contributed by atoms with Crippen molar-refractivity contribution < 1.29 is 36.2 Å². The molecule has 0 unspecified atom stereocenters. The zero-order chi connectivity index (χ0) is 16.4. The van der Waals surface area contributed by atoms with Crippen molar-refractivity contribution >= 4 is 33.3 Å². The smallest absolute Gasteiger partial charge is 0.478 e. The summed E-state index contributed by atoms with van der Waals surface area (Å²) in [5.74, 6) is -2.93. The van der Waals surface area contributed by atoms with Crippen LogP contribution in [-0.4, -0.2) is 31.6 Å². The van der Waals surface area contributed by atoms with Gasteiger partial charge in [-0.1, -0.05) is 11.6 Å². The zero-order valence-electron chi connectivity index (χ0n) is 10.4. The summed E-state index contributed by atoms with van der Waals surface area (Å²) in [4.78, 5) is 10.9. The number of ether oxygens (including phenoxy) is 1. The van der Waals surface area contributed by atoms with Gasteiger partial charge >= 0.3 is 12.3 Å².